The van der Waals surface area contributed by atoms with Gasteiger partial charge in [0.05, 0.1) is 6.61 Å². The number of aliphatic hydroxyl groups excluding tert-OH is 1. The third kappa shape index (κ3) is 3.68. The van der Waals surface area contributed by atoms with Crippen LogP contribution in [0.2, 0.25) is 0 Å². The molecule has 122 valence electrons. The van der Waals surface area contributed by atoms with Crippen molar-refractivity contribution in [1.82, 2.24) is 15.5 Å². The number of carbonyl (C=O) groups excluding carboxylic acids is 1. The average molecular weight is 316 g/mol. The van der Waals surface area contributed by atoms with E-state index in [1.54, 1.807) is 12.1 Å². The van der Waals surface area contributed by atoms with Crippen molar-refractivity contribution in [3.8, 4) is 11.5 Å². The number of hydrogen-bond acceptors (Lipinski definition) is 5. The number of nitrogens with zero attached hydrogens (tertiary/aromatic N) is 2. The summed E-state index contributed by atoms with van der Waals surface area (Å²) in [6, 6.07) is 6.92. The van der Waals surface area contributed by atoms with Crippen LogP contribution in [0, 0.1) is 5.41 Å². The largest absolute Gasteiger partial charge is 0.421 e. The SMILES string of the molecule is CCc1nnc(-c2ccc(NC(=O)NCC3(CO)CC3)cc2)o1. The standard InChI is InChI=1S/C16H20N4O3/c1-2-13-19-20-14(23-13)11-3-5-12(6-4-11)18-15(22)17-9-16(10-21)7-8-16/h3-6,21H,2,7-10H2,1H3,(H2,17,18,22). The zero-order valence-corrected chi connectivity index (χ0v) is 13.0. The minimum atomic E-state index is -0.275. The molecule has 0 saturated heterocycles. The fourth-order valence-corrected chi connectivity index (χ4v) is 2.22. The Morgan fingerprint density at radius 3 is 2.61 bits per heavy atom. The maximum atomic E-state index is 11.9. The van der Waals surface area contributed by atoms with Crippen molar-refractivity contribution < 1.29 is 14.3 Å². The number of rotatable bonds is 6. The molecule has 1 aromatic heterocycles. The second kappa shape index (κ2) is 6.37. The predicted octanol–water partition coefficient (Wildman–Crippen LogP) is 2.19. The predicted molar refractivity (Wildman–Crippen MR) is 84.9 cm³/mol. The molecule has 0 spiro atoms. The van der Waals surface area contributed by atoms with E-state index >= 15 is 0 Å². The number of amides is 2. The minimum absolute atomic E-state index is 0.101. The van der Waals surface area contributed by atoms with Gasteiger partial charge in [-0.05, 0) is 37.1 Å². The summed E-state index contributed by atoms with van der Waals surface area (Å²) in [5, 5.41) is 22.7. The summed E-state index contributed by atoms with van der Waals surface area (Å²) in [4.78, 5) is 11.9. The van der Waals surface area contributed by atoms with Gasteiger partial charge < -0.3 is 20.2 Å². The third-order valence-corrected chi connectivity index (χ3v) is 4.08. The van der Waals surface area contributed by atoms with Crippen molar-refractivity contribution in [2.24, 2.45) is 5.41 Å². The van der Waals surface area contributed by atoms with E-state index in [0.29, 0.717) is 30.4 Å². The van der Waals surface area contributed by atoms with Crippen LogP contribution < -0.4 is 10.6 Å². The summed E-state index contributed by atoms with van der Waals surface area (Å²) in [6.45, 7) is 2.56. The highest BCUT2D eigenvalue weighted by Gasteiger charge is 2.42. The van der Waals surface area contributed by atoms with Gasteiger partial charge in [0.25, 0.3) is 0 Å². The van der Waals surface area contributed by atoms with Gasteiger partial charge in [-0.3, -0.25) is 0 Å². The molecule has 7 nitrogen and oxygen atoms in total. The van der Waals surface area contributed by atoms with Crippen LogP contribution in [-0.2, 0) is 6.42 Å². The van der Waals surface area contributed by atoms with Crippen molar-refractivity contribution in [3.05, 3.63) is 30.2 Å². The zero-order chi connectivity index (χ0) is 16.3. The van der Waals surface area contributed by atoms with Gasteiger partial charge in [0, 0.05) is 29.6 Å². The van der Waals surface area contributed by atoms with Crippen LogP contribution in [-0.4, -0.2) is 34.5 Å². The fraction of sp³-hybridized carbons (Fsp3) is 0.438. The molecule has 0 aliphatic heterocycles. The fourth-order valence-electron chi connectivity index (χ4n) is 2.22. The second-order valence-corrected chi connectivity index (χ2v) is 5.90. The number of anilines is 1. The molecule has 7 heteroatoms. The molecule has 0 atom stereocenters. The lowest BCUT2D eigenvalue weighted by molar-refractivity contribution is 0.206. The van der Waals surface area contributed by atoms with E-state index in [0.717, 1.165) is 18.4 Å². The molecule has 1 aliphatic carbocycles. The monoisotopic (exact) mass is 316 g/mol. The molecule has 2 amide bonds. The Labute approximate surface area is 134 Å². The van der Waals surface area contributed by atoms with Crippen LogP contribution >= 0.6 is 0 Å². The number of aryl methyl sites for hydroxylation is 1. The molecule has 3 rings (SSSR count). The molecular formula is C16H20N4O3. The quantitative estimate of drug-likeness (QED) is 0.758. The summed E-state index contributed by atoms with van der Waals surface area (Å²) in [6.07, 6.45) is 2.62. The molecule has 1 aromatic carbocycles. The Morgan fingerprint density at radius 1 is 1.30 bits per heavy atom. The first-order valence-electron chi connectivity index (χ1n) is 7.73. The lowest BCUT2D eigenvalue weighted by Gasteiger charge is -2.13. The van der Waals surface area contributed by atoms with Crippen LogP contribution in [0.4, 0.5) is 10.5 Å². The van der Waals surface area contributed by atoms with Crippen molar-refractivity contribution in [1.29, 1.82) is 0 Å². The number of hydrogen-bond donors (Lipinski definition) is 3. The van der Waals surface area contributed by atoms with Gasteiger partial charge in [0.15, 0.2) is 0 Å². The number of carbonyl (C=O) groups is 1. The third-order valence-electron chi connectivity index (χ3n) is 4.08. The van der Waals surface area contributed by atoms with E-state index < -0.39 is 0 Å². The van der Waals surface area contributed by atoms with E-state index in [9.17, 15) is 9.90 Å². The van der Waals surface area contributed by atoms with E-state index in [1.165, 1.54) is 0 Å². The van der Waals surface area contributed by atoms with Crippen LogP contribution in [0.1, 0.15) is 25.7 Å². The van der Waals surface area contributed by atoms with Crippen LogP contribution in [0.5, 0.6) is 0 Å². The summed E-state index contributed by atoms with van der Waals surface area (Å²) in [5.74, 6) is 1.07. The molecule has 0 radical (unpaired) electrons. The molecule has 1 heterocycles. The van der Waals surface area contributed by atoms with Gasteiger partial charge >= 0.3 is 6.03 Å². The summed E-state index contributed by atoms with van der Waals surface area (Å²) < 4.78 is 5.49. The van der Waals surface area contributed by atoms with E-state index in [-0.39, 0.29) is 18.1 Å². The van der Waals surface area contributed by atoms with Crippen molar-refractivity contribution in [3.63, 3.8) is 0 Å². The highest BCUT2D eigenvalue weighted by molar-refractivity contribution is 5.89. The Morgan fingerprint density at radius 2 is 2.04 bits per heavy atom. The molecular weight excluding hydrogens is 296 g/mol. The van der Waals surface area contributed by atoms with Crippen molar-refractivity contribution >= 4 is 11.7 Å². The number of nitrogens with one attached hydrogen (secondary N) is 2. The lowest BCUT2D eigenvalue weighted by Crippen LogP contribution is -2.35. The zero-order valence-electron chi connectivity index (χ0n) is 13.0. The number of benzene rings is 1. The van der Waals surface area contributed by atoms with Crippen molar-refractivity contribution in [2.45, 2.75) is 26.2 Å². The maximum Gasteiger partial charge on any atom is 0.319 e. The smallest absolute Gasteiger partial charge is 0.319 e. The Balaban J connectivity index is 1.55. The number of aromatic nitrogens is 2. The first-order valence-corrected chi connectivity index (χ1v) is 7.73. The highest BCUT2D eigenvalue weighted by atomic mass is 16.4. The molecule has 3 N–H and O–H groups in total. The minimum Gasteiger partial charge on any atom is -0.421 e. The first-order chi connectivity index (χ1) is 11.1. The van der Waals surface area contributed by atoms with E-state index in [2.05, 4.69) is 20.8 Å². The van der Waals surface area contributed by atoms with Crippen LogP contribution in [0.25, 0.3) is 11.5 Å². The van der Waals surface area contributed by atoms with Crippen molar-refractivity contribution in [2.75, 3.05) is 18.5 Å². The molecule has 23 heavy (non-hydrogen) atoms. The van der Waals surface area contributed by atoms with Gasteiger partial charge in [-0.2, -0.15) is 0 Å². The Kier molecular flexibility index (Phi) is 4.29. The molecule has 1 saturated carbocycles. The normalized spacial score (nSPS) is 15.2. The average Bonchev–Trinajstić information content (AvgIpc) is 3.21. The number of aliphatic hydroxyl groups is 1. The summed E-state index contributed by atoms with van der Waals surface area (Å²) in [5.41, 5.74) is 1.38. The van der Waals surface area contributed by atoms with Gasteiger partial charge in [0.1, 0.15) is 0 Å². The van der Waals surface area contributed by atoms with Crippen LogP contribution in [0.15, 0.2) is 28.7 Å². The second-order valence-electron chi connectivity index (χ2n) is 5.90. The van der Waals surface area contributed by atoms with E-state index in [1.807, 2.05) is 19.1 Å². The Hall–Kier alpha value is -2.41. The molecule has 1 fully saturated rings. The molecule has 1 aliphatic rings. The summed E-state index contributed by atoms with van der Waals surface area (Å²) in [7, 11) is 0. The van der Waals surface area contributed by atoms with Gasteiger partial charge in [-0.1, -0.05) is 6.92 Å². The molecule has 0 unspecified atom stereocenters. The molecule has 0 bridgehead atoms. The van der Waals surface area contributed by atoms with Gasteiger partial charge in [0.2, 0.25) is 11.8 Å². The van der Waals surface area contributed by atoms with E-state index in [4.69, 9.17) is 4.42 Å². The van der Waals surface area contributed by atoms with Gasteiger partial charge in [-0.15, -0.1) is 10.2 Å². The maximum absolute atomic E-state index is 11.9. The first kappa shape index (κ1) is 15.5. The van der Waals surface area contributed by atoms with Gasteiger partial charge in [-0.25, -0.2) is 4.79 Å². The lowest BCUT2D eigenvalue weighted by atomic mass is 10.1. The topological polar surface area (TPSA) is 100 Å². The Bertz CT molecular complexity index is 677. The number of urea groups is 1. The van der Waals surface area contributed by atoms with Crippen LogP contribution in [0.3, 0.4) is 0 Å². The summed E-state index contributed by atoms with van der Waals surface area (Å²) >= 11 is 0. The molecule has 2 aromatic rings. The highest BCUT2D eigenvalue weighted by Crippen LogP contribution is 2.44.